The first-order valence-corrected chi connectivity index (χ1v) is 9.60. The van der Waals surface area contributed by atoms with Crippen LogP contribution in [0, 0.1) is 0 Å². The summed E-state index contributed by atoms with van der Waals surface area (Å²) in [7, 11) is 1.69. The molecule has 0 spiro atoms. The van der Waals surface area contributed by atoms with Gasteiger partial charge in [-0.2, -0.15) is 0 Å². The summed E-state index contributed by atoms with van der Waals surface area (Å²) in [5, 5.41) is 0. The quantitative estimate of drug-likeness (QED) is 0.883. The first kappa shape index (κ1) is 19.0. The largest absolute Gasteiger partial charge is 0.497 e. The van der Waals surface area contributed by atoms with Gasteiger partial charge in [-0.05, 0) is 51.0 Å². The zero-order valence-electron chi connectivity index (χ0n) is 16.3. The zero-order valence-corrected chi connectivity index (χ0v) is 16.3. The fourth-order valence-corrected chi connectivity index (χ4v) is 3.98. The Hall–Kier alpha value is -1.79. The van der Waals surface area contributed by atoms with E-state index in [1.165, 1.54) is 5.69 Å². The second-order valence-corrected chi connectivity index (χ2v) is 7.99. The van der Waals surface area contributed by atoms with Gasteiger partial charge in [-0.1, -0.05) is 0 Å². The van der Waals surface area contributed by atoms with Gasteiger partial charge in [-0.3, -0.25) is 9.69 Å². The lowest BCUT2D eigenvalue weighted by molar-refractivity contribution is -0.138. The minimum Gasteiger partial charge on any atom is -0.497 e. The van der Waals surface area contributed by atoms with Crippen LogP contribution in [0.3, 0.4) is 0 Å². The van der Waals surface area contributed by atoms with Crippen molar-refractivity contribution in [3.8, 4) is 5.75 Å². The highest BCUT2D eigenvalue weighted by molar-refractivity contribution is 5.85. The average Bonchev–Trinajstić information content (AvgIpc) is 2.67. The van der Waals surface area contributed by atoms with E-state index in [2.05, 4.69) is 21.9 Å². The number of anilines is 1. The Labute approximate surface area is 156 Å². The van der Waals surface area contributed by atoms with Crippen LogP contribution in [0.15, 0.2) is 24.3 Å². The van der Waals surface area contributed by atoms with Crippen molar-refractivity contribution in [1.82, 2.24) is 9.80 Å². The first-order chi connectivity index (χ1) is 12.4. The highest BCUT2D eigenvalue weighted by Gasteiger charge is 2.34. The lowest BCUT2D eigenvalue weighted by atomic mass is 9.99. The molecule has 2 heterocycles. The Morgan fingerprint density at radius 3 is 2.35 bits per heavy atom. The van der Waals surface area contributed by atoms with Crippen LogP contribution in [-0.4, -0.2) is 73.7 Å². The lowest BCUT2D eigenvalue weighted by Gasteiger charge is -2.44. The molecular weight excluding hydrogens is 328 g/mol. The van der Waals surface area contributed by atoms with Gasteiger partial charge in [-0.25, -0.2) is 0 Å². The Kier molecular flexibility index (Phi) is 5.73. The summed E-state index contributed by atoms with van der Waals surface area (Å²) >= 11 is 0. The molecule has 6 heteroatoms. The summed E-state index contributed by atoms with van der Waals surface area (Å²) in [6, 6.07) is 8.73. The third kappa shape index (κ3) is 4.30. The fourth-order valence-electron chi connectivity index (χ4n) is 3.98. The van der Waals surface area contributed by atoms with Gasteiger partial charge >= 0.3 is 0 Å². The number of carbonyl (C=O) groups excluding carboxylic acids is 1. The van der Waals surface area contributed by atoms with Gasteiger partial charge in [0.2, 0.25) is 5.91 Å². The van der Waals surface area contributed by atoms with Crippen LogP contribution in [0.25, 0.3) is 0 Å². The van der Waals surface area contributed by atoms with Crippen LogP contribution < -0.4 is 15.4 Å². The monoisotopic (exact) mass is 360 g/mol. The van der Waals surface area contributed by atoms with Gasteiger partial charge in [-0.15, -0.1) is 0 Å². The molecule has 2 aliphatic heterocycles. The van der Waals surface area contributed by atoms with E-state index in [0.717, 1.165) is 57.9 Å². The molecule has 0 aliphatic carbocycles. The molecule has 144 valence electrons. The van der Waals surface area contributed by atoms with Crippen molar-refractivity contribution < 1.29 is 9.53 Å². The van der Waals surface area contributed by atoms with Gasteiger partial charge in [0, 0.05) is 51.0 Å². The molecule has 1 aromatic carbocycles. The number of methoxy groups -OCH3 is 1. The van der Waals surface area contributed by atoms with Crippen molar-refractivity contribution in [3.05, 3.63) is 24.3 Å². The first-order valence-electron chi connectivity index (χ1n) is 9.60. The predicted octanol–water partition coefficient (Wildman–Crippen LogP) is 1.55. The van der Waals surface area contributed by atoms with E-state index < -0.39 is 5.54 Å². The predicted molar refractivity (Wildman–Crippen MR) is 105 cm³/mol. The van der Waals surface area contributed by atoms with Crippen molar-refractivity contribution >= 4 is 11.6 Å². The molecule has 2 N–H and O–H groups in total. The summed E-state index contributed by atoms with van der Waals surface area (Å²) in [4.78, 5) is 19.4. The molecule has 0 saturated carbocycles. The summed E-state index contributed by atoms with van der Waals surface area (Å²) in [6.45, 7) is 9.33. The van der Waals surface area contributed by atoms with Crippen LogP contribution in [0.2, 0.25) is 0 Å². The maximum atomic E-state index is 12.5. The molecule has 26 heavy (non-hydrogen) atoms. The molecule has 1 atom stereocenters. The van der Waals surface area contributed by atoms with E-state index in [1.807, 2.05) is 17.0 Å². The number of carbonyl (C=O) groups is 1. The lowest BCUT2D eigenvalue weighted by Crippen LogP contribution is -2.59. The maximum Gasteiger partial charge on any atom is 0.242 e. The molecule has 1 aromatic rings. The number of nitrogens with zero attached hydrogens (tertiary/aromatic N) is 3. The van der Waals surface area contributed by atoms with Crippen LogP contribution >= 0.6 is 0 Å². The minimum absolute atomic E-state index is 0.0686. The Balaban J connectivity index is 1.54. The number of hydrogen-bond donors (Lipinski definition) is 1. The highest BCUT2D eigenvalue weighted by Crippen LogP contribution is 2.23. The Bertz CT molecular complexity index is 603. The van der Waals surface area contributed by atoms with Crippen LogP contribution in [0.5, 0.6) is 5.75 Å². The van der Waals surface area contributed by atoms with E-state index >= 15 is 0 Å². The van der Waals surface area contributed by atoms with E-state index in [9.17, 15) is 4.79 Å². The smallest absolute Gasteiger partial charge is 0.242 e. The van der Waals surface area contributed by atoms with Gasteiger partial charge < -0.3 is 20.3 Å². The summed E-state index contributed by atoms with van der Waals surface area (Å²) in [5.74, 6) is 0.959. The molecule has 2 saturated heterocycles. The number of nitrogens with two attached hydrogens (primary N) is 1. The number of piperidine rings is 1. The third-order valence-corrected chi connectivity index (χ3v) is 5.50. The molecule has 6 nitrogen and oxygen atoms in total. The molecule has 0 radical (unpaired) electrons. The second-order valence-electron chi connectivity index (χ2n) is 7.99. The van der Waals surface area contributed by atoms with Crippen molar-refractivity contribution in [3.63, 3.8) is 0 Å². The van der Waals surface area contributed by atoms with Crippen LogP contribution in [0.4, 0.5) is 5.69 Å². The number of amides is 1. The zero-order chi connectivity index (χ0) is 18.7. The van der Waals surface area contributed by atoms with Crippen LogP contribution in [0.1, 0.15) is 26.7 Å². The van der Waals surface area contributed by atoms with E-state index in [-0.39, 0.29) is 5.91 Å². The van der Waals surface area contributed by atoms with Crippen molar-refractivity contribution in [2.24, 2.45) is 5.73 Å². The number of likely N-dealkylation sites (tertiary alicyclic amines) is 1. The van der Waals surface area contributed by atoms with E-state index in [0.29, 0.717) is 6.04 Å². The Morgan fingerprint density at radius 1 is 1.12 bits per heavy atom. The summed E-state index contributed by atoms with van der Waals surface area (Å²) in [5.41, 5.74) is 6.48. The number of benzene rings is 1. The molecule has 1 amide bonds. The van der Waals surface area contributed by atoms with Crippen molar-refractivity contribution in [2.45, 2.75) is 38.3 Å². The van der Waals surface area contributed by atoms with Gasteiger partial charge in [0.25, 0.3) is 0 Å². The SMILES string of the molecule is COc1ccc(N2CCN(C3CCCN(C(=O)C(C)(C)N)C3)CC2)cc1. The van der Waals surface area contributed by atoms with E-state index in [4.69, 9.17) is 10.5 Å². The topological polar surface area (TPSA) is 62.0 Å². The molecule has 2 fully saturated rings. The summed E-state index contributed by atoms with van der Waals surface area (Å²) < 4.78 is 5.24. The molecule has 2 aliphatic rings. The standard InChI is InChI=1S/C20H32N4O2/c1-20(2,21)19(25)24-10-4-5-17(15-24)23-13-11-22(12-14-23)16-6-8-18(26-3)9-7-16/h6-9,17H,4-5,10-15,21H2,1-3H3. The number of ether oxygens (including phenoxy) is 1. The van der Waals surface area contributed by atoms with Crippen molar-refractivity contribution in [2.75, 3.05) is 51.3 Å². The third-order valence-electron chi connectivity index (χ3n) is 5.50. The molecule has 1 unspecified atom stereocenters. The molecule has 0 aromatic heterocycles. The highest BCUT2D eigenvalue weighted by atomic mass is 16.5. The number of piperazine rings is 1. The van der Waals surface area contributed by atoms with Gasteiger partial charge in [0.15, 0.2) is 0 Å². The van der Waals surface area contributed by atoms with Gasteiger partial charge in [0.1, 0.15) is 5.75 Å². The molecular formula is C20H32N4O2. The Morgan fingerprint density at radius 2 is 1.77 bits per heavy atom. The minimum atomic E-state index is -0.783. The van der Waals surface area contributed by atoms with Crippen LogP contribution in [-0.2, 0) is 4.79 Å². The van der Waals surface area contributed by atoms with Gasteiger partial charge in [0.05, 0.1) is 12.6 Å². The molecule has 3 rings (SSSR count). The molecule has 0 bridgehead atoms. The average molecular weight is 361 g/mol. The fraction of sp³-hybridized carbons (Fsp3) is 0.650. The maximum absolute atomic E-state index is 12.5. The van der Waals surface area contributed by atoms with E-state index in [1.54, 1.807) is 21.0 Å². The number of rotatable bonds is 4. The summed E-state index contributed by atoms with van der Waals surface area (Å²) in [6.07, 6.45) is 2.22. The van der Waals surface area contributed by atoms with Crippen molar-refractivity contribution in [1.29, 1.82) is 0 Å². The number of hydrogen-bond acceptors (Lipinski definition) is 5. The second kappa shape index (κ2) is 7.84. The normalized spacial score (nSPS) is 22.4.